The van der Waals surface area contributed by atoms with Crippen LogP contribution in [0.4, 0.5) is 10.1 Å². The van der Waals surface area contributed by atoms with Crippen molar-refractivity contribution >= 4 is 28.5 Å². The maximum Gasteiger partial charge on any atom is 0.339 e. The van der Waals surface area contributed by atoms with Crippen molar-refractivity contribution in [3.8, 4) is 5.75 Å². The second-order valence-corrected chi connectivity index (χ2v) is 8.20. The number of halogens is 1. The number of nitrogens with two attached hydrogens (primary N) is 1. The molecule has 1 heterocycles. The predicted octanol–water partition coefficient (Wildman–Crippen LogP) is 4.11. The monoisotopic (exact) mass is 439 g/mol. The van der Waals surface area contributed by atoms with Crippen LogP contribution in [0.15, 0.2) is 36.4 Å². The number of aryl methyl sites for hydroxylation is 2. The summed E-state index contributed by atoms with van der Waals surface area (Å²) in [5.41, 5.74) is 6.99. The average molecular weight is 439 g/mol. The van der Waals surface area contributed by atoms with Crippen LogP contribution in [-0.2, 0) is 6.42 Å². The van der Waals surface area contributed by atoms with Gasteiger partial charge in [-0.25, -0.2) is 9.18 Å². The molecule has 4 N–H and O–H groups in total. The number of anilines is 1. The normalized spacial score (nSPS) is 11.4. The molecule has 7 nitrogen and oxygen atoms in total. The van der Waals surface area contributed by atoms with E-state index in [0.29, 0.717) is 28.8 Å². The summed E-state index contributed by atoms with van der Waals surface area (Å²) in [5, 5.41) is 12.8. The number of ether oxygens (including phenoxy) is 1. The number of carbonyl (C=O) groups excluding carboxylic acids is 1. The van der Waals surface area contributed by atoms with Gasteiger partial charge in [-0.05, 0) is 51.0 Å². The van der Waals surface area contributed by atoms with Gasteiger partial charge in [0.05, 0.1) is 33.4 Å². The SMILES string of the molecule is CCc1ccc2nc(C)c(C(=O)O)c(N)c2c1OCC(C)(C)NC(=O)c1ccccc1F. The molecule has 0 saturated heterocycles. The number of fused-ring (bicyclic) bond motifs is 1. The fourth-order valence-electron chi connectivity index (χ4n) is 3.55. The molecule has 32 heavy (non-hydrogen) atoms. The van der Waals surface area contributed by atoms with Gasteiger partial charge in [0.2, 0.25) is 0 Å². The Morgan fingerprint density at radius 2 is 1.91 bits per heavy atom. The Morgan fingerprint density at radius 3 is 2.53 bits per heavy atom. The number of hydrogen-bond acceptors (Lipinski definition) is 5. The van der Waals surface area contributed by atoms with Gasteiger partial charge in [0.25, 0.3) is 5.91 Å². The third-order valence-corrected chi connectivity index (χ3v) is 5.15. The number of rotatable bonds is 7. The van der Waals surface area contributed by atoms with Crippen molar-refractivity contribution in [2.45, 2.75) is 39.7 Å². The lowest BCUT2D eigenvalue weighted by Crippen LogP contribution is -2.48. The first-order chi connectivity index (χ1) is 15.1. The van der Waals surface area contributed by atoms with Crippen molar-refractivity contribution in [2.75, 3.05) is 12.3 Å². The quantitative estimate of drug-likeness (QED) is 0.510. The molecule has 0 spiro atoms. The van der Waals surface area contributed by atoms with Crippen molar-refractivity contribution < 1.29 is 23.8 Å². The highest BCUT2D eigenvalue weighted by Crippen LogP contribution is 2.37. The Hall–Kier alpha value is -3.68. The maximum absolute atomic E-state index is 14.0. The number of nitrogens with zero attached hydrogens (tertiary/aromatic N) is 1. The molecule has 3 aromatic rings. The molecule has 0 radical (unpaired) electrons. The van der Waals surface area contributed by atoms with Gasteiger partial charge in [0.1, 0.15) is 23.7 Å². The van der Waals surface area contributed by atoms with Crippen molar-refractivity contribution in [3.05, 3.63) is 64.6 Å². The highest BCUT2D eigenvalue weighted by molar-refractivity contribution is 6.07. The van der Waals surface area contributed by atoms with Gasteiger partial charge >= 0.3 is 5.97 Å². The number of aromatic carboxylic acids is 1. The van der Waals surface area contributed by atoms with Gasteiger partial charge in [-0.3, -0.25) is 9.78 Å². The zero-order valence-electron chi connectivity index (χ0n) is 18.5. The van der Waals surface area contributed by atoms with E-state index in [-0.39, 0.29) is 23.4 Å². The summed E-state index contributed by atoms with van der Waals surface area (Å²) in [6.07, 6.45) is 0.614. The molecule has 2 aromatic carbocycles. The molecule has 1 amide bonds. The summed E-state index contributed by atoms with van der Waals surface area (Å²) in [4.78, 5) is 28.6. The Kier molecular flexibility index (Phi) is 6.34. The lowest BCUT2D eigenvalue weighted by molar-refractivity contribution is 0.0696. The first kappa shape index (κ1) is 23.0. The van der Waals surface area contributed by atoms with Crippen LogP contribution in [0.1, 0.15) is 52.7 Å². The highest BCUT2D eigenvalue weighted by Gasteiger charge is 2.26. The highest BCUT2D eigenvalue weighted by atomic mass is 19.1. The van der Waals surface area contributed by atoms with E-state index in [1.54, 1.807) is 32.9 Å². The molecule has 0 atom stereocenters. The zero-order valence-corrected chi connectivity index (χ0v) is 18.5. The zero-order chi connectivity index (χ0) is 23.6. The number of carboxylic acid groups (broad SMARTS) is 1. The van der Waals surface area contributed by atoms with Crippen LogP contribution >= 0.6 is 0 Å². The summed E-state index contributed by atoms with van der Waals surface area (Å²) in [5.74, 6) is -1.92. The Bertz CT molecular complexity index is 1210. The molecule has 0 aliphatic rings. The van der Waals surface area contributed by atoms with E-state index >= 15 is 0 Å². The first-order valence-corrected chi connectivity index (χ1v) is 10.2. The molecule has 0 aliphatic heterocycles. The summed E-state index contributed by atoms with van der Waals surface area (Å²) < 4.78 is 20.1. The van der Waals surface area contributed by atoms with Gasteiger partial charge in [-0.15, -0.1) is 0 Å². The van der Waals surface area contributed by atoms with Crippen molar-refractivity contribution in [3.63, 3.8) is 0 Å². The third-order valence-electron chi connectivity index (χ3n) is 5.15. The summed E-state index contributed by atoms with van der Waals surface area (Å²) in [7, 11) is 0. The predicted molar refractivity (Wildman–Crippen MR) is 121 cm³/mol. The fourth-order valence-corrected chi connectivity index (χ4v) is 3.55. The van der Waals surface area contributed by atoms with Gasteiger partial charge in [0.15, 0.2) is 0 Å². The van der Waals surface area contributed by atoms with E-state index < -0.39 is 23.2 Å². The Labute approximate surface area is 185 Å². The van der Waals surface area contributed by atoms with E-state index in [1.165, 1.54) is 18.2 Å². The molecule has 0 saturated carbocycles. The maximum atomic E-state index is 14.0. The van der Waals surface area contributed by atoms with E-state index in [9.17, 15) is 19.1 Å². The van der Waals surface area contributed by atoms with Gasteiger partial charge in [0, 0.05) is 0 Å². The Morgan fingerprint density at radius 1 is 1.22 bits per heavy atom. The van der Waals surface area contributed by atoms with Crippen LogP contribution in [0, 0.1) is 12.7 Å². The molecule has 8 heteroatoms. The number of nitrogen functional groups attached to an aromatic ring is 1. The molecular weight excluding hydrogens is 413 g/mol. The van der Waals surface area contributed by atoms with E-state index in [2.05, 4.69) is 10.3 Å². The molecule has 168 valence electrons. The van der Waals surface area contributed by atoms with E-state index in [0.717, 1.165) is 5.56 Å². The van der Waals surface area contributed by atoms with Crippen LogP contribution in [0.3, 0.4) is 0 Å². The first-order valence-electron chi connectivity index (χ1n) is 10.2. The summed E-state index contributed by atoms with van der Waals surface area (Å²) in [6, 6.07) is 9.36. The number of aromatic nitrogens is 1. The minimum atomic E-state index is -1.17. The Balaban J connectivity index is 1.95. The number of pyridine rings is 1. The van der Waals surface area contributed by atoms with Gasteiger partial charge in [-0.2, -0.15) is 0 Å². The lowest BCUT2D eigenvalue weighted by Gasteiger charge is -2.27. The topological polar surface area (TPSA) is 115 Å². The molecule has 0 aliphatic carbocycles. The van der Waals surface area contributed by atoms with Crippen LogP contribution in [-0.4, -0.2) is 34.1 Å². The second-order valence-electron chi connectivity index (χ2n) is 8.20. The minimum absolute atomic E-state index is 0.0367. The number of nitrogens with one attached hydrogen (secondary N) is 1. The van der Waals surface area contributed by atoms with E-state index in [4.69, 9.17) is 10.5 Å². The number of hydrogen-bond donors (Lipinski definition) is 3. The summed E-state index contributed by atoms with van der Waals surface area (Å²) >= 11 is 0. The van der Waals surface area contributed by atoms with Crippen molar-refractivity contribution in [1.82, 2.24) is 10.3 Å². The van der Waals surface area contributed by atoms with Crippen LogP contribution in [0.5, 0.6) is 5.75 Å². The van der Waals surface area contributed by atoms with Gasteiger partial charge < -0.3 is 20.9 Å². The average Bonchev–Trinajstić information content (AvgIpc) is 2.71. The molecule has 0 bridgehead atoms. The number of amides is 1. The number of carbonyl (C=O) groups is 2. The van der Waals surface area contributed by atoms with Crippen molar-refractivity contribution in [1.29, 1.82) is 0 Å². The summed E-state index contributed by atoms with van der Waals surface area (Å²) in [6.45, 7) is 7.06. The largest absolute Gasteiger partial charge is 0.490 e. The number of benzene rings is 2. The van der Waals surface area contributed by atoms with Crippen LogP contribution < -0.4 is 15.8 Å². The number of carboxylic acids is 1. The van der Waals surface area contributed by atoms with Gasteiger partial charge in [-0.1, -0.05) is 25.1 Å². The molecule has 1 aromatic heterocycles. The lowest BCUT2D eigenvalue weighted by atomic mass is 10.0. The second kappa shape index (κ2) is 8.82. The molecular formula is C24H26FN3O4. The van der Waals surface area contributed by atoms with Crippen LogP contribution in [0.25, 0.3) is 10.9 Å². The van der Waals surface area contributed by atoms with Crippen LogP contribution in [0.2, 0.25) is 0 Å². The van der Waals surface area contributed by atoms with Crippen molar-refractivity contribution in [2.24, 2.45) is 0 Å². The third kappa shape index (κ3) is 4.49. The molecule has 0 unspecified atom stereocenters. The minimum Gasteiger partial charge on any atom is -0.490 e. The molecule has 0 fully saturated rings. The molecule has 3 rings (SSSR count). The van der Waals surface area contributed by atoms with E-state index in [1.807, 2.05) is 13.0 Å². The standard InChI is InChI=1S/C24H26FN3O4/c1-5-14-10-11-17-19(20(26)18(23(30)31)13(2)27-17)21(14)32-12-24(3,4)28-22(29)15-8-6-7-9-16(15)25/h6-11H,5,12H2,1-4H3,(H2,26,27)(H,28,29)(H,30,31). The fraction of sp³-hybridized carbons (Fsp3) is 0.292. The smallest absolute Gasteiger partial charge is 0.339 e.